The summed E-state index contributed by atoms with van der Waals surface area (Å²) in [5.41, 5.74) is 1.20. The SMILES string of the molecule is CNCC(=O)N1CCC2(CC1)COC(Cc1cccc(F)c1)C2.Cl. The minimum atomic E-state index is -0.188. The van der Waals surface area contributed by atoms with Gasteiger partial charge in [0.1, 0.15) is 5.82 Å². The van der Waals surface area contributed by atoms with E-state index in [4.69, 9.17) is 4.74 Å². The zero-order chi connectivity index (χ0) is 16.3. The van der Waals surface area contributed by atoms with Gasteiger partial charge < -0.3 is 15.0 Å². The summed E-state index contributed by atoms with van der Waals surface area (Å²) in [4.78, 5) is 13.9. The fraction of sp³-hybridized carbons (Fsp3) is 0.611. The predicted molar refractivity (Wildman–Crippen MR) is 93.9 cm³/mol. The van der Waals surface area contributed by atoms with Crippen LogP contribution in [0.15, 0.2) is 24.3 Å². The number of hydrogen-bond donors (Lipinski definition) is 1. The van der Waals surface area contributed by atoms with Crippen LogP contribution in [-0.2, 0) is 16.0 Å². The third-order valence-electron chi connectivity index (χ3n) is 5.14. The Kier molecular flexibility index (Phi) is 6.61. The topological polar surface area (TPSA) is 41.6 Å². The Morgan fingerprint density at radius 3 is 2.83 bits per heavy atom. The van der Waals surface area contributed by atoms with Gasteiger partial charge >= 0.3 is 0 Å². The number of nitrogens with one attached hydrogen (secondary N) is 1. The normalized spacial score (nSPS) is 22.4. The number of likely N-dealkylation sites (N-methyl/N-ethyl adjacent to an activating group) is 1. The molecule has 1 aromatic rings. The molecule has 24 heavy (non-hydrogen) atoms. The molecule has 0 radical (unpaired) electrons. The van der Waals surface area contributed by atoms with Crippen LogP contribution in [0.1, 0.15) is 24.8 Å². The van der Waals surface area contributed by atoms with Crippen LogP contribution in [0.2, 0.25) is 0 Å². The number of halogens is 2. The van der Waals surface area contributed by atoms with E-state index in [9.17, 15) is 9.18 Å². The molecule has 2 heterocycles. The molecule has 1 spiro atoms. The first-order valence-corrected chi connectivity index (χ1v) is 8.39. The van der Waals surface area contributed by atoms with Gasteiger partial charge in [0.25, 0.3) is 0 Å². The van der Waals surface area contributed by atoms with E-state index >= 15 is 0 Å². The molecular weight excluding hydrogens is 331 g/mol. The Morgan fingerprint density at radius 2 is 2.17 bits per heavy atom. The highest BCUT2D eigenvalue weighted by molar-refractivity contribution is 5.85. The van der Waals surface area contributed by atoms with Crippen LogP contribution in [0.5, 0.6) is 0 Å². The molecule has 4 nitrogen and oxygen atoms in total. The number of likely N-dealkylation sites (tertiary alicyclic amines) is 1. The van der Waals surface area contributed by atoms with E-state index in [-0.39, 0.29) is 35.7 Å². The molecule has 3 rings (SSSR count). The number of ether oxygens (including phenoxy) is 1. The Bertz CT molecular complexity index is 562. The molecule has 1 amide bonds. The predicted octanol–water partition coefficient (Wildman–Crippen LogP) is 2.41. The number of carbonyl (C=O) groups excluding carboxylic acids is 1. The third-order valence-corrected chi connectivity index (χ3v) is 5.14. The Hall–Kier alpha value is -1.17. The smallest absolute Gasteiger partial charge is 0.236 e. The number of hydrogen-bond acceptors (Lipinski definition) is 3. The lowest BCUT2D eigenvalue weighted by atomic mass is 9.76. The van der Waals surface area contributed by atoms with Gasteiger partial charge in [-0.25, -0.2) is 4.39 Å². The van der Waals surface area contributed by atoms with Crippen molar-refractivity contribution in [3.8, 4) is 0 Å². The summed E-state index contributed by atoms with van der Waals surface area (Å²) in [6, 6.07) is 6.77. The van der Waals surface area contributed by atoms with Gasteiger partial charge in [-0.15, -0.1) is 12.4 Å². The molecule has 0 aromatic heterocycles. The maximum atomic E-state index is 13.3. The van der Waals surface area contributed by atoms with Crippen LogP contribution in [0.3, 0.4) is 0 Å². The van der Waals surface area contributed by atoms with E-state index in [0.717, 1.165) is 50.9 Å². The highest BCUT2D eigenvalue weighted by atomic mass is 35.5. The van der Waals surface area contributed by atoms with E-state index in [1.807, 2.05) is 11.0 Å². The standard InChI is InChI=1S/C18H25FN2O2.ClH/c1-20-12-17(22)21-7-5-18(6-8-21)11-16(23-13-18)10-14-3-2-4-15(19)9-14;/h2-4,9,16,20H,5-8,10-13H2,1H3;1H. The molecule has 6 heteroatoms. The summed E-state index contributed by atoms with van der Waals surface area (Å²) in [5.74, 6) is -0.0101. The molecule has 2 saturated heterocycles. The summed E-state index contributed by atoms with van der Waals surface area (Å²) in [6.45, 7) is 2.81. The van der Waals surface area contributed by atoms with Crippen LogP contribution in [0.25, 0.3) is 0 Å². The van der Waals surface area contributed by atoms with Crippen LogP contribution >= 0.6 is 12.4 Å². The number of carbonyl (C=O) groups is 1. The zero-order valence-electron chi connectivity index (χ0n) is 14.1. The summed E-state index contributed by atoms with van der Waals surface area (Å²) < 4.78 is 19.3. The molecule has 2 fully saturated rings. The van der Waals surface area contributed by atoms with Crippen LogP contribution in [0.4, 0.5) is 4.39 Å². The number of amides is 1. The second kappa shape index (κ2) is 8.28. The maximum absolute atomic E-state index is 13.3. The molecule has 2 aliphatic heterocycles. The van der Waals surface area contributed by atoms with Crippen molar-refractivity contribution in [3.63, 3.8) is 0 Å². The first kappa shape index (κ1) is 19.2. The number of nitrogens with zero attached hydrogens (tertiary/aromatic N) is 1. The van der Waals surface area contributed by atoms with E-state index in [2.05, 4.69) is 5.32 Å². The molecule has 0 aliphatic carbocycles. The highest BCUT2D eigenvalue weighted by Gasteiger charge is 2.42. The number of rotatable bonds is 4. The Balaban J connectivity index is 0.00000208. The van der Waals surface area contributed by atoms with Crippen molar-refractivity contribution in [2.24, 2.45) is 5.41 Å². The second-order valence-electron chi connectivity index (χ2n) is 6.88. The molecule has 0 saturated carbocycles. The van der Waals surface area contributed by atoms with Gasteiger partial charge in [-0.2, -0.15) is 0 Å². The Morgan fingerprint density at radius 1 is 1.42 bits per heavy atom. The summed E-state index contributed by atoms with van der Waals surface area (Å²) in [5, 5.41) is 2.92. The summed E-state index contributed by atoms with van der Waals surface area (Å²) in [7, 11) is 1.80. The molecule has 134 valence electrons. The van der Waals surface area contributed by atoms with Crippen molar-refractivity contribution >= 4 is 18.3 Å². The van der Waals surface area contributed by atoms with Gasteiger partial charge in [0, 0.05) is 13.1 Å². The first-order valence-electron chi connectivity index (χ1n) is 8.39. The van der Waals surface area contributed by atoms with E-state index in [1.165, 1.54) is 6.07 Å². The molecule has 2 aliphatic rings. The van der Waals surface area contributed by atoms with Gasteiger partial charge in [0.2, 0.25) is 5.91 Å². The van der Waals surface area contributed by atoms with Crippen molar-refractivity contribution in [3.05, 3.63) is 35.6 Å². The first-order chi connectivity index (χ1) is 11.1. The average Bonchev–Trinajstić information content (AvgIpc) is 2.91. The monoisotopic (exact) mass is 356 g/mol. The molecular formula is C18H26ClFN2O2. The maximum Gasteiger partial charge on any atom is 0.236 e. The quantitative estimate of drug-likeness (QED) is 0.900. The van der Waals surface area contributed by atoms with Gasteiger partial charge in [-0.05, 0) is 55.8 Å². The lowest BCUT2D eigenvalue weighted by molar-refractivity contribution is -0.132. The molecule has 1 N–H and O–H groups in total. The fourth-order valence-corrected chi connectivity index (χ4v) is 3.80. The van der Waals surface area contributed by atoms with Gasteiger partial charge in [-0.1, -0.05) is 12.1 Å². The largest absolute Gasteiger partial charge is 0.377 e. The van der Waals surface area contributed by atoms with Gasteiger partial charge in [-0.3, -0.25) is 4.79 Å². The molecule has 1 aromatic carbocycles. The van der Waals surface area contributed by atoms with Crippen LogP contribution in [-0.4, -0.2) is 50.2 Å². The van der Waals surface area contributed by atoms with E-state index in [0.29, 0.717) is 6.54 Å². The van der Waals surface area contributed by atoms with E-state index in [1.54, 1.807) is 19.2 Å². The third kappa shape index (κ3) is 4.47. The minimum absolute atomic E-state index is 0. The lowest BCUT2D eigenvalue weighted by Gasteiger charge is -2.38. The van der Waals surface area contributed by atoms with Crippen LogP contribution in [0, 0.1) is 11.2 Å². The lowest BCUT2D eigenvalue weighted by Crippen LogP contribution is -2.46. The number of benzene rings is 1. The fourth-order valence-electron chi connectivity index (χ4n) is 3.80. The van der Waals surface area contributed by atoms with Crippen LogP contribution < -0.4 is 5.32 Å². The second-order valence-corrected chi connectivity index (χ2v) is 6.88. The Labute approximate surface area is 149 Å². The number of piperidine rings is 1. The highest BCUT2D eigenvalue weighted by Crippen LogP contribution is 2.42. The molecule has 1 unspecified atom stereocenters. The van der Waals surface area contributed by atoms with Crippen molar-refractivity contribution in [2.45, 2.75) is 31.8 Å². The molecule has 0 bridgehead atoms. The summed E-state index contributed by atoms with van der Waals surface area (Å²) >= 11 is 0. The van der Waals surface area contributed by atoms with Gasteiger partial charge in [0.05, 0.1) is 19.3 Å². The van der Waals surface area contributed by atoms with Crippen molar-refractivity contribution in [1.82, 2.24) is 10.2 Å². The minimum Gasteiger partial charge on any atom is -0.377 e. The van der Waals surface area contributed by atoms with Crippen molar-refractivity contribution in [2.75, 3.05) is 33.3 Å². The summed E-state index contributed by atoms with van der Waals surface area (Å²) in [6.07, 6.45) is 3.94. The van der Waals surface area contributed by atoms with Crippen molar-refractivity contribution < 1.29 is 13.9 Å². The average molecular weight is 357 g/mol. The zero-order valence-corrected chi connectivity index (χ0v) is 14.9. The van der Waals surface area contributed by atoms with E-state index < -0.39 is 0 Å². The van der Waals surface area contributed by atoms with Crippen molar-refractivity contribution in [1.29, 1.82) is 0 Å². The van der Waals surface area contributed by atoms with Gasteiger partial charge in [0.15, 0.2) is 0 Å². The molecule has 1 atom stereocenters.